The predicted molar refractivity (Wildman–Crippen MR) is 38.9 cm³/mol. The van der Waals surface area contributed by atoms with E-state index in [1.54, 1.807) is 6.92 Å². The van der Waals surface area contributed by atoms with Gasteiger partial charge in [0.25, 0.3) is 0 Å². The Morgan fingerprint density at radius 3 is 2.30 bits per heavy atom. The Balaban J connectivity index is 4.30. The molecule has 0 aliphatic heterocycles. The van der Waals surface area contributed by atoms with Gasteiger partial charge in [-0.3, -0.25) is 0 Å². The van der Waals surface area contributed by atoms with E-state index >= 15 is 0 Å². The molecular formula is C7H13NO2. The van der Waals surface area contributed by atoms with E-state index in [0.29, 0.717) is 5.57 Å². The first-order valence-electron chi connectivity index (χ1n) is 3.20. The van der Waals surface area contributed by atoms with Crippen molar-refractivity contribution in [3.63, 3.8) is 0 Å². The summed E-state index contributed by atoms with van der Waals surface area (Å²) >= 11 is 0. The lowest BCUT2D eigenvalue weighted by Crippen LogP contribution is -2.11. The van der Waals surface area contributed by atoms with Gasteiger partial charge in [0.1, 0.15) is 0 Å². The summed E-state index contributed by atoms with van der Waals surface area (Å²) in [6, 6.07) is 0. The Labute approximate surface area is 60.8 Å². The van der Waals surface area contributed by atoms with Crippen LogP contribution in [0.4, 0.5) is 0 Å². The Kier molecular flexibility index (Phi) is 3.72. The van der Waals surface area contributed by atoms with Crippen LogP contribution in [0, 0.1) is 0 Å². The zero-order valence-electron chi connectivity index (χ0n) is 6.60. The molecule has 58 valence electrons. The molecule has 0 aromatic carbocycles. The van der Waals surface area contributed by atoms with Gasteiger partial charge in [-0.15, -0.1) is 0 Å². The fourth-order valence-corrected chi connectivity index (χ4v) is 0.528. The van der Waals surface area contributed by atoms with Gasteiger partial charge in [0.05, 0.1) is 0 Å². The van der Waals surface area contributed by atoms with Crippen LogP contribution in [-0.2, 0) is 9.63 Å². The van der Waals surface area contributed by atoms with Gasteiger partial charge in [-0.25, -0.2) is 4.79 Å². The number of hydrogen-bond donors (Lipinski definition) is 1. The molecule has 0 radical (unpaired) electrons. The molecule has 0 saturated heterocycles. The van der Waals surface area contributed by atoms with Gasteiger partial charge in [-0.1, -0.05) is 12.5 Å². The zero-order chi connectivity index (χ0) is 8.15. The average Bonchev–Trinajstić information content (AvgIpc) is 2.00. The number of nitrogens with two attached hydrogens (primary N) is 1. The lowest BCUT2D eigenvalue weighted by molar-refractivity contribution is -0.139. The van der Waals surface area contributed by atoms with E-state index in [1.807, 2.05) is 13.8 Å². The van der Waals surface area contributed by atoms with Crippen LogP contribution in [0.15, 0.2) is 11.1 Å². The Bertz CT molecular complexity index is 161. The molecular weight excluding hydrogens is 130 g/mol. The molecule has 0 aromatic rings. The van der Waals surface area contributed by atoms with Crippen LogP contribution < -0.4 is 5.90 Å². The number of carbonyl (C=O) groups excluding carboxylic acids is 1. The van der Waals surface area contributed by atoms with E-state index in [1.165, 1.54) is 0 Å². The van der Waals surface area contributed by atoms with E-state index in [-0.39, 0.29) is 0 Å². The Morgan fingerprint density at radius 1 is 1.50 bits per heavy atom. The summed E-state index contributed by atoms with van der Waals surface area (Å²) in [4.78, 5) is 14.7. The molecule has 0 unspecified atom stereocenters. The van der Waals surface area contributed by atoms with Crippen molar-refractivity contribution in [2.24, 2.45) is 5.90 Å². The summed E-state index contributed by atoms with van der Waals surface area (Å²) in [5, 5.41) is 0. The van der Waals surface area contributed by atoms with Gasteiger partial charge in [0.2, 0.25) is 0 Å². The Hall–Kier alpha value is -0.830. The fraction of sp³-hybridized carbons (Fsp3) is 0.571. The molecule has 0 bridgehead atoms. The van der Waals surface area contributed by atoms with Crippen LogP contribution in [-0.4, -0.2) is 5.97 Å². The summed E-state index contributed by atoms with van der Waals surface area (Å²) in [7, 11) is 0. The molecule has 3 nitrogen and oxygen atoms in total. The molecule has 10 heavy (non-hydrogen) atoms. The minimum absolute atomic E-state index is 0.445. The quantitative estimate of drug-likeness (QED) is 0.466. The molecule has 0 fully saturated rings. The lowest BCUT2D eigenvalue weighted by atomic mass is 10.1. The first-order valence-corrected chi connectivity index (χ1v) is 3.20. The van der Waals surface area contributed by atoms with Crippen molar-refractivity contribution >= 4 is 5.97 Å². The van der Waals surface area contributed by atoms with Crippen molar-refractivity contribution in [2.75, 3.05) is 0 Å². The first kappa shape index (κ1) is 9.17. The second-order valence-electron chi connectivity index (χ2n) is 2.16. The van der Waals surface area contributed by atoms with Crippen LogP contribution in [0.2, 0.25) is 0 Å². The second-order valence-corrected chi connectivity index (χ2v) is 2.16. The third-order valence-corrected chi connectivity index (χ3v) is 1.58. The van der Waals surface area contributed by atoms with Crippen molar-refractivity contribution < 1.29 is 9.63 Å². The van der Waals surface area contributed by atoms with E-state index in [2.05, 4.69) is 10.7 Å². The van der Waals surface area contributed by atoms with Crippen molar-refractivity contribution in [3.05, 3.63) is 11.1 Å². The monoisotopic (exact) mass is 143 g/mol. The highest BCUT2D eigenvalue weighted by atomic mass is 16.7. The van der Waals surface area contributed by atoms with Crippen LogP contribution in [0.25, 0.3) is 0 Å². The third kappa shape index (κ3) is 2.19. The highest BCUT2D eigenvalue weighted by Gasteiger charge is 2.05. The minimum Gasteiger partial charge on any atom is -0.370 e. The van der Waals surface area contributed by atoms with Crippen LogP contribution in [0.5, 0.6) is 0 Å². The second kappa shape index (κ2) is 4.06. The summed E-state index contributed by atoms with van der Waals surface area (Å²) in [6.45, 7) is 5.56. The van der Waals surface area contributed by atoms with Gasteiger partial charge in [-0.05, 0) is 20.3 Å². The molecule has 0 atom stereocenters. The Morgan fingerprint density at radius 2 is 2.00 bits per heavy atom. The smallest absolute Gasteiger partial charge is 0.352 e. The SMILES string of the molecule is CC/C(C)=C(\C)C(=O)ON. The molecule has 0 aliphatic carbocycles. The van der Waals surface area contributed by atoms with Crippen LogP contribution >= 0.6 is 0 Å². The van der Waals surface area contributed by atoms with Crippen LogP contribution in [0.1, 0.15) is 27.2 Å². The van der Waals surface area contributed by atoms with Crippen molar-refractivity contribution in [1.29, 1.82) is 0 Å². The molecule has 0 saturated carbocycles. The third-order valence-electron chi connectivity index (χ3n) is 1.58. The normalized spacial score (nSPS) is 12.4. The molecule has 0 amide bonds. The minimum atomic E-state index is -0.445. The van der Waals surface area contributed by atoms with Gasteiger partial charge >= 0.3 is 5.97 Å². The van der Waals surface area contributed by atoms with Gasteiger partial charge < -0.3 is 4.84 Å². The molecule has 0 spiro atoms. The molecule has 0 aromatic heterocycles. The van der Waals surface area contributed by atoms with E-state index in [4.69, 9.17) is 0 Å². The highest BCUT2D eigenvalue weighted by Crippen LogP contribution is 2.07. The average molecular weight is 143 g/mol. The summed E-state index contributed by atoms with van der Waals surface area (Å²) < 4.78 is 0. The maximum absolute atomic E-state index is 10.7. The maximum Gasteiger partial charge on any atom is 0.352 e. The van der Waals surface area contributed by atoms with E-state index in [0.717, 1.165) is 12.0 Å². The number of hydrogen-bond acceptors (Lipinski definition) is 3. The van der Waals surface area contributed by atoms with E-state index < -0.39 is 5.97 Å². The molecule has 3 heteroatoms. The van der Waals surface area contributed by atoms with E-state index in [9.17, 15) is 4.79 Å². The van der Waals surface area contributed by atoms with Crippen molar-refractivity contribution in [2.45, 2.75) is 27.2 Å². The first-order chi connectivity index (χ1) is 4.63. The fourth-order valence-electron chi connectivity index (χ4n) is 0.528. The predicted octanol–water partition coefficient (Wildman–Crippen LogP) is 1.15. The maximum atomic E-state index is 10.7. The summed E-state index contributed by atoms with van der Waals surface area (Å²) in [6.07, 6.45) is 0.848. The number of carbonyl (C=O) groups is 1. The number of allylic oxidation sites excluding steroid dienone is 1. The van der Waals surface area contributed by atoms with Gasteiger partial charge in [0.15, 0.2) is 0 Å². The van der Waals surface area contributed by atoms with Gasteiger partial charge in [-0.2, -0.15) is 5.90 Å². The highest BCUT2D eigenvalue weighted by molar-refractivity contribution is 5.88. The summed E-state index contributed by atoms with van der Waals surface area (Å²) in [5.74, 6) is 4.24. The van der Waals surface area contributed by atoms with Crippen molar-refractivity contribution in [1.82, 2.24) is 0 Å². The largest absolute Gasteiger partial charge is 0.370 e. The molecule has 2 N–H and O–H groups in total. The molecule has 0 rings (SSSR count). The van der Waals surface area contributed by atoms with Gasteiger partial charge in [0, 0.05) is 5.57 Å². The molecule has 0 aliphatic rings. The molecule has 0 heterocycles. The van der Waals surface area contributed by atoms with Crippen LogP contribution in [0.3, 0.4) is 0 Å². The zero-order valence-corrected chi connectivity index (χ0v) is 6.60. The standard InChI is InChI=1S/C7H13NO2/c1-4-5(2)6(3)7(9)10-8/h4,8H2,1-3H3/b6-5+. The number of rotatable bonds is 2. The summed E-state index contributed by atoms with van der Waals surface area (Å²) in [5.41, 5.74) is 1.61. The lowest BCUT2D eigenvalue weighted by Gasteiger charge is -2.00. The van der Waals surface area contributed by atoms with Crippen molar-refractivity contribution in [3.8, 4) is 0 Å². The topological polar surface area (TPSA) is 52.3 Å².